The zero-order valence-corrected chi connectivity index (χ0v) is 15.7. The van der Waals surface area contributed by atoms with Crippen LogP contribution in [0.4, 0.5) is 5.69 Å². The molecular formula is C23H25NO2. The van der Waals surface area contributed by atoms with E-state index in [4.69, 9.17) is 4.74 Å². The average Bonchev–Trinajstić information content (AvgIpc) is 2.61. The van der Waals surface area contributed by atoms with Crippen LogP contribution in [0.2, 0.25) is 0 Å². The van der Waals surface area contributed by atoms with Crippen LogP contribution in [0.5, 0.6) is 5.75 Å². The first kappa shape index (κ1) is 18.0. The Bertz CT molecular complexity index is 925. The zero-order valence-electron chi connectivity index (χ0n) is 15.7. The van der Waals surface area contributed by atoms with Gasteiger partial charge in [0.25, 0.3) is 5.91 Å². The number of rotatable bonds is 5. The van der Waals surface area contributed by atoms with Crippen LogP contribution in [0.3, 0.4) is 0 Å². The average molecular weight is 347 g/mol. The quantitative estimate of drug-likeness (QED) is 0.645. The summed E-state index contributed by atoms with van der Waals surface area (Å²) in [6.07, 6.45) is -0.590. The fourth-order valence-electron chi connectivity index (χ4n) is 3.03. The van der Waals surface area contributed by atoms with Crippen molar-refractivity contribution in [1.82, 2.24) is 0 Å². The Morgan fingerprint density at radius 2 is 1.69 bits per heavy atom. The molecule has 0 fully saturated rings. The minimum Gasteiger partial charge on any atom is -0.481 e. The van der Waals surface area contributed by atoms with Gasteiger partial charge in [0, 0.05) is 11.1 Å². The van der Waals surface area contributed by atoms with Crippen LogP contribution >= 0.6 is 0 Å². The van der Waals surface area contributed by atoms with Gasteiger partial charge in [0.1, 0.15) is 5.75 Å². The smallest absolute Gasteiger partial charge is 0.265 e. The molecule has 0 aromatic heterocycles. The fourth-order valence-corrected chi connectivity index (χ4v) is 3.03. The molecule has 0 saturated heterocycles. The van der Waals surface area contributed by atoms with E-state index in [9.17, 15) is 4.79 Å². The van der Waals surface area contributed by atoms with Crippen molar-refractivity contribution in [2.24, 2.45) is 0 Å². The maximum Gasteiger partial charge on any atom is 0.265 e. The van der Waals surface area contributed by atoms with Gasteiger partial charge >= 0.3 is 0 Å². The van der Waals surface area contributed by atoms with E-state index in [1.165, 1.54) is 0 Å². The first-order valence-electron chi connectivity index (χ1n) is 9.01. The molecule has 0 heterocycles. The van der Waals surface area contributed by atoms with E-state index in [1.807, 2.05) is 55.5 Å². The number of hydrogen-bond donors (Lipinski definition) is 1. The molecule has 134 valence electrons. The van der Waals surface area contributed by atoms with E-state index in [1.54, 1.807) is 6.92 Å². The summed E-state index contributed by atoms with van der Waals surface area (Å²) in [5.74, 6) is 0.956. The van der Waals surface area contributed by atoms with Crippen LogP contribution < -0.4 is 10.1 Å². The highest BCUT2D eigenvalue weighted by Gasteiger charge is 2.18. The molecule has 1 atom stereocenters. The molecular weight excluding hydrogens is 322 g/mol. The zero-order chi connectivity index (χ0) is 18.7. The summed E-state index contributed by atoms with van der Waals surface area (Å²) in [6, 6.07) is 20.0. The van der Waals surface area contributed by atoms with Crippen molar-refractivity contribution >= 4 is 22.4 Å². The molecule has 26 heavy (non-hydrogen) atoms. The number of nitrogens with one attached hydrogen (secondary N) is 1. The van der Waals surface area contributed by atoms with Crippen molar-refractivity contribution in [2.75, 3.05) is 5.32 Å². The third-order valence-electron chi connectivity index (χ3n) is 4.51. The number of carbonyl (C=O) groups is 1. The molecule has 1 unspecified atom stereocenters. The van der Waals surface area contributed by atoms with E-state index in [0.717, 1.165) is 33.3 Å². The number of amides is 1. The minimum atomic E-state index is -0.590. The normalized spacial score (nSPS) is 12.2. The van der Waals surface area contributed by atoms with Gasteiger partial charge in [-0.1, -0.05) is 62.4 Å². The first-order chi connectivity index (χ1) is 12.5. The molecule has 3 rings (SSSR count). The van der Waals surface area contributed by atoms with Crippen molar-refractivity contribution in [3.8, 4) is 5.75 Å². The van der Waals surface area contributed by atoms with Crippen LogP contribution in [0.25, 0.3) is 10.8 Å². The standard InChI is InChI=1S/C23H25NO2/c1-15(2)19-13-12-16(3)14-22(19)26-17(4)23(25)24-21-11-7-9-18-8-5-6-10-20(18)21/h5-15,17H,1-4H3,(H,24,25). The molecule has 0 aliphatic rings. The van der Waals surface area contributed by atoms with Crippen LogP contribution in [0.1, 0.15) is 37.8 Å². The predicted octanol–water partition coefficient (Wildman–Crippen LogP) is 5.68. The van der Waals surface area contributed by atoms with Crippen LogP contribution in [-0.2, 0) is 4.79 Å². The summed E-state index contributed by atoms with van der Waals surface area (Å²) < 4.78 is 6.02. The molecule has 0 spiro atoms. The predicted molar refractivity (Wildman–Crippen MR) is 108 cm³/mol. The molecule has 0 radical (unpaired) electrons. The maximum atomic E-state index is 12.7. The summed E-state index contributed by atoms with van der Waals surface area (Å²) in [4.78, 5) is 12.7. The number of ether oxygens (including phenoxy) is 1. The van der Waals surface area contributed by atoms with Gasteiger partial charge in [-0.05, 0) is 48.4 Å². The van der Waals surface area contributed by atoms with Crippen LogP contribution in [0.15, 0.2) is 60.7 Å². The van der Waals surface area contributed by atoms with Crippen molar-refractivity contribution in [1.29, 1.82) is 0 Å². The molecule has 0 aliphatic carbocycles. The number of fused-ring (bicyclic) bond motifs is 1. The Morgan fingerprint density at radius 1 is 0.962 bits per heavy atom. The summed E-state index contributed by atoms with van der Waals surface area (Å²) >= 11 is 0. The van der Waals surface area contributed by atoms with Gasteiger partial charge in [0.2, 0.25) is 0 Å². The second-order valence-corrected chi connectivity index (χ2v) is 6.97. The van der Waals surface area contributed by atoms with Gasteiger partial charge in [-0.15, -0.1) is 0 Å². The highest BCUT2D eigenvalue weighted by molar-refractivity contribution is 6.03. The Balaban J connectivity index is 1.79. The summed E-state index contributed by atoms with van der Waals surface area (Å²) in [6.45, 7) is 8.06. The lowest BCUT2D eigenvalue weighted by Gasteiger charge is -2.19. The Morgan fingerprint density at radius 3 is 2.46 bits per heavy atom. The Labute approximate surface area is 155 Å². The van der Waals surface area contributed by atoms with Crippen molar-refractivity contribution in [2.45, 2.75) is 39.7 Å². The van der Waals surface area contributed by atoms with Gasteiger partial charge < -0.3 is 10.1 Å². The molecule has 3 heteroatoms. The van der Waals surface area contributed by atoms with Crippen molar-refractivity contribution in [3.05, 3.63) is 71.8 Å². The van der Waals surface area contributed by atoms with E-state index in [0.29, 0.717) is 5.92 Å². The van der Waals surface area contributed by atoms with Crippen molar-refractivity contribution in [3.63, 3.8) is 0 Å². The number of aryl methyl sites for hydroxylation is 1. The molecule has 0 saturated carbocycles. The largest absolute Gasteiger partial charge is 0.481 e. The lowest BCUT2D eigenvalue weighted by atomic mass is 10.0. The SMILES string of the molecule is Cc1ccc(C(C)C)c(OC(C)C(=O)Nc2cccc3ccccc23)c1. The third kappa shape index (κ3) is 3.88. The van der Waals surface area contributed by atoms with E-state index >= 15 is 0 Å². The molecule has 3 aromatic rings. The topological polar surface area (TPSA) is 38.3 Å². The van der Waals surface area contributed by atoms with Crippen molar-refractivity contribution < 1.29 is 9.53 Å². The molecule has 3 aromatic carbocycles. The molecule has 0 bridgehead atoms. The second kappa shape index (κ2) is 7.61. The lowest BCUT2D eigenvalue weighted by molar-refractivity contribution is -0.122. The lowest BCUT2D eigenvalue weighted by Crippen LogP contribution is -2.30. The van der Waals surface area contributed by atoms with E-state index in [-0.39, 0.29) is 5.91 Å². The number of carbonyl (C=O) groups excluding carboxylic acids is 1. The van der Waals surface area contributed by atoms with Crippen LogP contribution in [-0.4, -0.2) is 12.0 Å². The highest BCUT2D eigenvalue weighted by Crippen LogP contribution is 2.29. The number of benzene rings is 3. The fraction of sp³-hybridized carbons (Fsp3) is 0.261. The number of hydrogen-bond acceptors (Lipinski definition) is 2. The van der Waals surface area contributed by atoms with Crippen LogP contribution in [0, 0.1) is 6.92 Å². The minimum absolute atomic E-state index is 0.155. The van der Waals surface area contributed by atoms with Gasteiger partial charge in [-0.2, -0.15) is 0 Å². The maximum absolute atomic E-state index is 12.7. The van der Waals surface area contributed by atoms with Gasteiger partial charge in [0.15, 0.2) is 6.10 Å². The second-order valence-electron chi connectivity index (χ2n) is 6.97. The molecule has 1 amide bonds. The first-order valence-corrected chi connectivity index (χ1v) is 9.01. The Hall–Kier alpha value is -2.81. The molecule has 1 N–H and O–H groups in total. The highest BCUT2D eigenvalue weighted by atomic mass is 16.5. The van der Waals surface area contributed by atoms with Gasteiger partial charge in [-0.25, -0.2) is 0 Å². The summed E-state index contributed by atoms with van der Waals surface area (Å²) in [7, 11) is 0. The monoisotopic (exact) mass is 347 g/mol. The van der Waals surface area contributed by atoms with Gasteiger partial charge in [-0.3, -0.25) is 4.79 Å². The summed E-state index contributed by atoms with van der Waals surface area (Å²) in [5.41, 5.74) is 3.03. The molecule has 3 nitrogen and oxygen atoms in total. The number of anilines is 1. The van der Waals surface area contributed by atoms with Gasteiger partial charge in [0.05, 0.1) is 0 Å². The third-order valence-corrected chi connectivity index (χ3v) is 4.51. The summed E-state index contributed by atoms with van der Waals surface area (Å²) in [5, 5.41) is 5.12. The van der Waals surface area contributed by atoms with E-state index < -0.39 is 6.10 Å². The van der Waals surface area contributed by atoms with E-state index in [2.05, 4.69) is 31.3 Å². The Kier molecular flexibility index (Phi) is 5.27. The molecule has 0 aliphatic heterocycles.